The summed E-state index contributed by atoms with van der Waals surface area (Å²) >= 11 is 13.2. The van der Waals surface area contributed by atoms with Crippen molar-refractivity contribution in [3.63, 3.8) is 0 Å². The van der Waals surface area contributed by atoms with E-state index < -0.39 is 23.4 Å². The van der Waals surface area contributed by atoms with Gasteiger partial charge in [-0.25, -0.2) is 0 Å². The van der Waals surface area contributed by atoms with Gasteiger partial charge < -0.3 is 10.2 Å². The van der Waals surface area contributed by atoms with E-state index >= 15 is 0 Å². The lowest BCUT2D eigenvalue weighted by Crippen LogP contribution is -2.51. The van der Waals surface area contributed by atoms with E-state index in [9.17, 15) is 14.4 Å². The maximum Gasteiger partial charge on any atom is 0.238 e. The number of anilines is 2. The van der Waals surface area contributed by atoms with Crippen LogP contribution in [0.15, 0.2) is 103 Å². The molecular weight excluding hydrogens is 555 g/mol. The SMILES string of the molecule is CC1=C[C@H]2N(c3ccccc31)[C@@H](C(=O)c1ccccc1Cl)[C@@H](C(=O)c1ccccc1Cl)[C@@]21C(=O)Nc2ccccc21. The van der Waals surface area contributed by atoms with E-state index in [2.05, 4.69) is 5.32 Å². The average Bonchev–Trinajstić information content (AvgIpc) is 3.45. The van der Waals surface area contributed by atoms with E-state index in [0.717, 1.165) is 16.8 Å². The number of benzene rings is 4. The predicted molar refractivity (Wildman–Crippen MR) is 162 cm³/mol. The number of allylic oxidation sites excluding steroid dienone is 1. The minimum atomic E-state index is -1.41. The summed E-state index contributed by atoms with van der Waals surface area (Å²) in [4.78, 5) is 46.0. The molecule has 0 aromatic heterocycles. The number of para-hydroxylation sites is 2. The van der Waals surface area contributed by atoms with Gasteiger partial charge in [0.1, 0.15) is 11.5 Å². The quantitative estimate of drug-likeness (QED) is 0.259. The Hall–Kier alpha value is -4.19. The second-order valence-corrected chi connectivity index (χ2v) is 11.5. The van der Waals surface area contributed by atoms with E-state index in [1.807, 2.05) is 66.4 Å². The van der Waals surface area contributed by atoms with E-state index in [4.69, 9.17) is 23.2 Å². The molecular formula is C34H24Cl2N2O3. The Morgan fingerprint density at radius 1 is 0.780 bits per heavy atom. The molecule has 7 heteroatoms. The largest absolute Gasteiger partial charge is 0.352 e. The van der Waals surface area contributed by atoms with Crippen LogP contribution >= 0.6 is 23.2 Å². The second kappa shape index (κ2) is 9.44. The van der Waals surface area contributed by atoms with Gasteiger partial charge in [-0.15, -0.1) is 0 Å². The van der Waals surface area contributed by atoms with Gasteiger partial charge in [-0.05, 0) is 54.5 Å². The van der Waals surface area contributed by atoms with Crippen LogP contribution in [0.5, 0.6) is 0 Å². The summed E-state index contributed by atoms with van der Waals surface area (Å²) in [7, 11) is 0. The van der Waals surface area contributed by atoms with Crippen LogP contribution in [0.3, 0.4) is 0 Å². The number of nitrogens with zero attached hydrogens (tertiary/aromatic N) is 1. The van der Waals surface area contributed by atoms with Crippen molar-refractivity contribution in [1.29, 1.82) is 0 Å². The van der Waals surface area contributed by atoms with Crippen LogP contribution in [0.2, 0.25) is 10.0 Å². The number of rotatable bonds is 4. The van der Waals surface area contributed by atoms with E-state index in [1.165, 1.54) is 0 Å². The van der Waals surface area contributed by atoms with Gasteiger partial charge >= 0.3 is 0 Å². The second-order valence-electron chi connectivity index (χ2n) is 10.7. The number of halogens is 2. The van der Waals surface area contributed by atoms with Crippen molar-refractivity contribution in [2.45, 2.75) is 24.4 Å². The highest BCUT2D eigenvalue weighted by molar-refractivity contribution is 6.36. The summed E-state index contributed by atoms with van der Waals surface area (Å²) < 4.78 is 0. The van der Waals surface area contributed by atoms with Crippen molar-refractivity contribution >= 4 is 57.6 Å². The van der Waals surface area contributed by atoms with Crippen molar-refractivity contribution in [1.82, 2.24) is 0 Å². The third-order valence-electron chi connectivity index (χ3n) is 8.71. The Balaban J connectivity index is 1.58. The number of Topliss-reactive ketones (excluding diaryl/α,β-unsaturated/α-hetero) is 2. The highest BCUT2D eigenvalue weighted by Gasteiger charge is 2.70. The van der Waals surface area contributed by atoms with E-state index in [0.29, 0.717) is 16.8 Å². The maximum atomic E-state index is 14.9. The van der Waals surface area contributed by atoms with E-state index in [1.54, 1.807) is 48.5 Å². The molecule has 0 saturated carbocycles. The first-order valence-electron chi connectivity index (χ1n) is 13.4. The van der Waals surface area contributed by atoms with Gasteiger partial charge in [0, 0.05) is 28.1 Å². The normalized spacial score (nSPS) is 23.9. The Morgan fingerprint density at radius 3 is 2.07 bits per heavy atom. The Kier molecular flexibility index (Phi) is 5.93. The summed E-state index contributed by atoms with van der Waals surface area (Å²) in [6.45, 7) is 2.00. The lowest BCUT2D eigenvalue weighted by Gasteiger charge is -2.39. The third-order valence-corrected chi connectivity index (χ3v) is 9.37. The van der Waals surface area contributed by atoms with Crippen LogP contribution in [-0.2, 0) is 10.2 Å². The van der Waals surface area contributed by atoms with Crippen LogP contribution in [-0.4, -0.2) is 29.6 Å². The Morgan fingerprint density at radius 2 is 1.37 bits per heavy atom. The number of hydrogen-bond acceptors (Lipinski definition) is 4. The third kappa shape index (κ3) is 3.52. The monoisotopic (exact) mass is 578 g/mol. The molecule has 3 aliphatic heterocycles. The number of hydrogen-bond donors (Lipinski definition) is 1. The van der Waals surface area contributed by atoms with Gasteiger partial charge in [-0.3, -0.25) is 14.4 Å². The molecule has 1 fully saturated rings. The molecule has 7 rings (SSSR count). The summed E-state index contributed by atoms with van der Waals surface area (Å²) in [6, 6.07) is 27.1. The number of ketones is 2. The number of amides is 1. The zero-order valence-electron chi connectivity index (χ0n) is 22.0. The highest BCUT2D eigenvalue weighted by Crippen LogP contribution is 2.59. The standard InChI is InChI=1S/C34H24Cl2N2O3/c1-19-18-28-34(23-13-5-8-16-26(23)37-33(34)41)29(31(39)21-11-2-6-14-24(21)35)30(32(40)22-12-3-7-15-25(22)36)38(28)27-17-9-4-10-20(19)27/h2-18,28-30H,1H3,(H,37,41)/t28-,29+,30-,34+/m1/s1. The highest BCUT2D eigenvalue weighted by atomic mass is 35.5. The summed E-state index contributed by atoms with van der Waals surface area (Å²) in [5, 5.41) is 3.59. The number of carbonyl (C=O) groups is 3. The molecule has 41 heavy (non-hydrogen) atoms. The minimum absolute atomic E-state index is 0.264. The van der Waals surface area contributed by atoms with Crippen LogP contribution in [0.25, 0.3) is 5.57 Å². The predicted octanol–water partition coefficient (Wildman–Crippen LogP) is 7.24. The zero-order valence-corrected chi connectivity index (χ0v) is 23.5. The summed E-state index contributed by atoms with van der Waals surface area (Å²) in [6.07, 6.45) is 2.02. The lowest BCUT2D eigenvalue weighted by atomic mass is 9.64. The topological polar surface area (TPSA) is 66.5 Å². The van der Waals surface area contributed by atoms with Crippen molar-refractivity contribution in [2.75, 3.05) is 10.2 Å². The Bertz CT molecular complexity index is 1820. The molecule has 4 aromatic rings. The smallest absolute Gasteiger partial charge is 0.238 e. The van der Waals surface area contributed by atoms with Crippen molar-refractivity contribution < 1.29 is 14.4 Å². The molecule has 1 N–H and O–H groups in total. The van der Waals surface area contributed by atoms with Gasteiger partial charge in [0.05, 0.1) is 22.0 Å². The molecule has 1 amide bonds. The minimum Gasteiger partial charge on any atom is -0.352 e. The molecule has 4 atom stereocenters. The molecule has 0 radical (unpaired) electrons. The fourth-order valence-corrected chi connectivity index (χ4v) is 7.49. The van der Waals surface area contributed by atoms with Crippen LogP contribution < -0.4 is 10.2 Å². The first-order chi connectivity index (χ1) is 19.9. The molecule has 1 spiro atoms. The van der Waals surface area contributed by atoms with Crippen molar-refractivity contribution in [3.8, 4) is 0 Å². The fourth-order valence-electron chi connectivity index (χ4n) is 7.04. The first kappa shape index (κ1) is 25.8. The summed E-state index contributed by atoms with van der Waals surface area (Å²) in [5.74, 6) is -2.14. The molecule has 1 saturated heterocycles. The lowest BCUT2D eigenvalue weighted by molar-refractivity contribution is -0.121. The molecule has 4 aromatic carbocycles. The zero-order chi connectivity index (χ0) is 28.5. The van der Waals surface area contributed by atoms with Gasteiger partial charge in [0.25, 0.3) is 0 Å². The van der Waals surface area contributed by atoms with Gasteiger partial charge in [0.15, 0.2) is 11.6 Å². The molecule has 3 aliphatic rings. The molecule has 0 bridgehead atoms. The van der Waals surface area contributed by atoms with Crippen molar-refractivity contribution in [2.24, 2.45) is 5.92 Å². The number of fused-ring (bicyclic) bond motifs is 6. The maximum absolute atomic E-state index is 14.9. The fraction of sp³-hybridized carbons (Fsp3) is 0.147. The molecule has 3 heterocycles. The van der Waals surface area contributed by atoms with E-state index in [-0.39, 0.29) is 33.1 Å². The first-order valence-corrected chi connectivity index (χ1v) is 14.2. The number of nitrogens with one attached hydrogen (secondary N) is 1. The Labute approximate surface area is 247 Å². The average molecular weight is 579 g/mol. The van der Waals surface area contributed by atoms with Gasteiger partial charge in [-0.1, -0.05) is 89.9 Å². The van der Waals surface area contributed by atoms with Crippen LogP contribution in [0.4, 0.5) is 11.4 Å². The van der Waals surface area contributed by atoms with Crippen LogP contribution in [0, 0.1) is 5.92 Å². The van der Waals surface area contributed by atoms with Gasteiger partial charge in [0.2, 0.25) is 5.91 Å². The molecule has 0 unspecified atom stereocenters. The summed E-state index contributed by atoms with van der Waals surface area (Å²) in [5.41, 5.74) is 3.15. The molecule has 5 nitrogen and oxygen atoms in total. The van der Waals surface area contributed by atoms with Crippen LogP contribution in [0.1, 0.15) is 38.8 Å². The number of carbonyl (C=O) groups excluding carboxylic acids is 3. The molecule has 0 aliphatic carbocycles. The molecule has 202 valence electrons. The van der Waals surface area contributed by atoms with Crippen molar-refractivity contribution in [3.05, 3.63) is 135 Å². The van der Waals surface area contributed by atoms with Gasteiger partial charge in [-0.2, -0.15) is 0 Å².